The van der Waals surface area contributed by atoms with Gasteiger partial charge in [0, 0.05) is 12.1 Å². The Morgan fingerprint density at radius 3 is 2.13 bits per heavy atom. The Balaban J connectivity index is 2.51. The number of hydrogen-bond donors (Lipinski definition) is 0. The van der Waals surface area contributed by atoms with E-state index in [9.17, 15) is 8.42 Å². The summed E-state index contributed by atoms with van der Waals surface area (Å²) in [7, 11) is 0.497. The fourth-order valence-corrected chi connectivity index (χ4v) is 3.72. The van der Waals surface area contributed by atoms with Gasteiger partial charge in [0.15, 0.2) is 0 Å². The molecule has 0 saturated heterocycles. The number of benzene rings is 2. The summed E-state index contributed by atoms with van der Waals surface area (Å²) < 4.78 is 36.9. The average molecular weight is 376 g/mol. The second-order valence-electron chi connectivity index (χ2n) is 4.59. The van der Waals surface area contributed by atoms with Gasteiger partial charge in [-0.15, -0.1) is 0 Å². The lowest BCUT2D eigenvalue weighted by Crippen LogP contribution is -2.27. The van der Waals surface area contributed by atoms with Crippen LogP contribution in [0.5, 0.6) is 11.5 Å². The van der Waals surface area contributed by atoms with Gasteiger partial charge in [-0.2, -0.15) is 0 Å². The van der Waals surface area contributed by atoms with Crippen LogP contribution in [-0.4, -0.2) is 29.7 Å². The summed E-state index contributed by atoms with van der Waals surface area (Å²) in [5, 5.41) is 0.607. The van der Waals surface area contributed by atoms with Crippen LogP contribution in [0, 0.1) is 0 Å². The van der Waals surface area contributed by atoms with Crippen LogP contribution in [0.25, 0.3) is 0 Å². The Kier molecular flexibility index (Phi) is 5.29. The molecule has 0 aliphatic carbocycles. The zero-order valence-corrected chi connectivity index (χ0v) is 15.0. The van der Waals surface area contributed by atoms with Crippen LogP contribution < -0.4 is 13.8 Å². The molecule has 0 heterocycles. The third-order valence-corrected chi connectivity index (χ3v) is 5.56. The minimum absolute atomic E-state index is 0.0350. The predicted molar refractivity (Wildman–Crippen MR) is 91.6 cm³/mol. The van der Waals surface area contributed by atoms with E-state index in [1.165, 1.54) is 45.5 Å². The lowest BCUT2D eigenvalue weighted by molar-refractivity contribution is 0.414. The first-order valence-corrected chi connectivity index (χ1v) is 8.67. The number of rotatable bonds is 5. The molecule has 124 valence electrons. The van der Waals surface area contributed by atoms with E-state index in [4.69, 9.17) is 32.7 Å². The van der Waals surface area contributed by atoms with E-state index >= 15 is 0 Å². The van der Waals surface area contributed by atoms with E-state index in [0.717, 1.165) is 4.31 Å². The van der Waals surface area contributed by atoms with Gasteiger partial charge < -0.3 is 9.47 Å². The number of hydrogen-bond acceptors (Lipinski definition) is 4. The highest BCUT2D eigenvalue weighted by Crippen LogP contribution is 2.35. The Morgan fingerprint density at radius 2 is 1.57 bits per heavy atom. The number of ether oxygens (including phenoxy) is 2. The summed E-state index contributed by atoms with van der Waals surface area (Å²) in [5.74, 6) is 0.786. The second kappa shape index (κ2) is 6.86. The molecule has 0 aromatic heterocycles. The summed E-state index contributed by atoms with van der Waals surface area (Å²) in [4.78, 5) is 0.0350. The van der Waals surface area contributed by atoms with Gasteiger partial charge in [-0.05, 0) is 36.4 Å². The normalized spacial score (nSPS) is 11.2. The number of anilines is 1. The zero-order valence-electron chi connectivity index (χ0n) is 12.7. The Morgan fingerprint density at radius 1 is 0.957 bits per heavy atom. The van der Waals surface area contributed by atoms with Crippen molar-refractivity contribution in [2.24, 2.45) is 0 Å². The molecule has 0 radical (unpaired) electrons. The molecule has 0 aliphatic rings. The minimum Gasteiger partial charge on any atom is -0.495 e. The largest absolute Gasteiger partial charge is 0.495 e. The molecule has 23 heavy (non-hydrogen) atoms. The highest BCUT2D eigenvalue weighted by molar-refractivity contribution is 7.92. The van der Waals surface area contributed by atoms with Crippen LogP contribution in [0.15, 0.2) is 41.3 Å². The van der Waals surface area contributed by atoms with Gasteiger partial charge in [-0.25, -0.2) is 8.42 Å². The molecule has 0 spiro atoms. The summed E-state index contributed by atoms with van der Waals surface area (Å²) in [6.07, 6.45) is 0. The van der Waals surface area contributed by atoms with Gasteiger partial charge in [0.1, 0.15) is 11.5 Å². The molecule has 0 aliphatic heterocycles. The Bertz CT molecular complexity index is 824. The molecule has 0 saturated carbocycles. The molecule has 0 fully saturated rings. The van der Waals surface area contributed by atoms with E-state index in [0.29, 0.717) is 22.2 Å². The number of halogens is 2. The smallest absolute Gasteiger partial charge is 0.264 e. The maximum Gasteiger partial charge on any atom is 0.264 e. The highest BCUT2D eigenvalue weighted by atomic mass is 35.5. The number of methoxy groups -OCH3 is 2. The van der Waals surface area contributed by atoms with Crippen molar-refractivity contribution >= 4 is 38.9 Å². The standard InChI is InChI=1S/C15H15Cl2NO4S/c1-18(13-8-10(16)4-6-15(13)22-3)23(19,20)11-5-7-14(21-2)12(17)9-11/h4-9H,1-3H3. The van der Waals surface area contributed by atoms with Crippen LogP contribution in [0.4, 0.5) is 5.69 Å². The fraction of sp³-hybridized carbons (Fsp3) is 0.200. The van der Waals surface area contributed by atoms with Crippen LogP contribution in [0.2, 0.25) is 10.0 Å². The van der Waals surface area contributed by atoms with Gasteiger partial charge in [0.25, 0.3) is 10.0 Å². The van der Waals surface area contributed by atoms with Crippen molar-refractivity contribution in [1.82, 2.24) is 0 Å². The molecule has 2 rings (SSSR count). The fourth-order valence-electron chi connectivity index (χ4n) is 2.00. The van der Waals surface area contributed by atoms with Gasteiger partial charge in [0.2, 0.25) is 0 Å². The van der Waals surface area contributed by atoms with Crippen LogP contribution in [0.3, 0.4) is 0 Å². The molecule has 0 unspecified atom stereocenters. The third-order valence-electron chi connectivity index (χ3n) is 3.26. The lowest BCUT2D eigenvalue weighted by Gasteiger charge is -2.22. The first-order chi connectivity index (χ1) is 10.8. The molecule has 8 heteroatoms. The molecular weight excluding hydrogens is 361 g/mol. The lowest BCUT2D eigenvalue weighted by atomic mass is 10.3. The summed E-state index contributed by atoms with van der Waals surface area (Å²) in [6.45, 7) is 0. The molecule has 0 amide bonds. The van der Waals surface area contributed by atoms with Crippen LogP contribution in [-0.2, 0) is 10.0 Å². The molecule has 5 nitrogen and oxygen atoms in total. The van der Waals surface area contributed by atoms with Crippen molar-refractivity contribution in [1.29, 1.82) is 0 Å². The van der Waals surface area contributed by atoms with E-state index in [-0.39, 0.29) is 9.92 Å². The molecule has 2 aromatic carbocycles. The Hall–Kier alpha value is -1.63. The number of sulfonamides is 1. The van der Waals surface area contributed by atoms with Gasteiger partial charge in [-0.3, -0.25) is 4.31 Å². The molecule has 0 atom stereocenters. The Labute approximate surface area is 145 Å². The summed E-state index contributed by atoms with van der Waals surface area (Å²) >= 11 is 12.0. The van der Waals surface area contributed by atoms with Crippen molar-refractivity contribution in [2.45, 2.75) is 4.90 Å². The number of nitrogens with zero attached hydrogens (tertiary/aromatic N) is 1. The van der Waals surface area contributed by atoms with E-state index < -0.39 is 10.0 Å². The maximum atomic E-state index is 12.8. The molecule has 0 N–H and O–H groups in total. The zero-order chi connectivity index (χ0) is 17.2. The summed E-state index contributed by atoms with van der Waals surface area (Å²) in [6, 6.07) is 9.00. The first-order valence-electron chi connectivity index (χ1n) is 6.47. The second-order valence-corrected chi connectivity index (χ2v) is 7.40. The van der Waals surface area contributed by atoms with Gasteiger partial charge >= 0.3 is 0 Å². The third kappa shape index (κ3) is 3.49. The van der Waals surface area contributed by atoms with Crippen molar-refractivity contribution in [2.75, 3.05) is 25.6 Å². The van der Waals surface area contributed by atoms with Crippen molar-refractivity contribution in [3.63, 3.8) is 0 Å². The first kappa shape index (κ1) is 17.7. The molecule has 0 bridgehead atoms. The van der Waals surface area contributed by atoms with E-state index in [1.54, 1.807) is 12.1 Å². The monoisotopic (exact) mass is 375 g/mol. The van der Waals surface area contributed by atoms with Crippen LogP contribution in [0.1, 0.15) is 0 Å². The quantitative estimate of drug-likeness (QED) is 0.796. The minimum atomic E-state index is -3.83. The van der Waals surface area contributed by atoms with E-state index in [1.807, 2.05) is 0 Å². The van der Waals surface area contributed by atoms with Crippen molar-refractivity contribution < 1.29 is 17.9 Å². The average Bonchev–Trinajstić information content (AvgIpc) is 2.53. The molecule has 2 aromatic rings. The van der Waals surface area contributed by atoms with Crippen molar-refractivity contribution in [3.05, 3.63) is 46.4 Å². The topological polar surface area (TPSA) is 55.8 Å². The van der Waals surface area contributed by atoms with Crippen LogP contribution >= 0.6 is 23.2 Å². The van der Waals surface area contributed by atoms with Gasteiger partial charge in [-0.1, -0.05) is 23.2 Å². The molecular formula is C15H15Cl2NO4S. The highest BCUT2D eigenvalue weighted by Gasteiger charge is 2.25. The SMILES string of the molecule is COc1ccc(S(=O)(=O)N(C)c2cc(Cl)ccc2OC)cc1Cl. The van der Waals surface area contributed by atoms with Crippen molar-refractivity contribution in [3.8, 4) is 11.5 Å². The maximum absolute atomic E-state index is 12.8. The predicted octanol–water partition coefficient (Wildman–Crippen LogP) is 3.84. The summed E-state index contributed by atoms with van der Waals surface area (Å²) in [5.41, 5.74) is 0.326. The van der Waals surface area contributed by atoms with E-state index in [2.05, 4.69) is 0 Å². The van der Waals surface area contributed by atoms with Gasteiger partial charge in [0.05, 0.1) is 29.8 Å².